The largest absolute Gasteiger partial charge is 0.481 e. The molecule has 1 saturated carbocycles. The Labute approximate surface area is 124 Å². The second-order valence-corrected chi connectivity index (χ2v) is 8.07. The predicted molar refractivity (Wildman–Crippen MR) is 77.2 cm³/mol. The van der Waals surface area contributed by atoms with Gasteiger partial charge < -0.3 is 10.4 Å². The summed E-state index contributed by atoms with van der Waals surface area (Å²) in [5.74, 6) is -1.25. The minimum Gasteiger partial charge on any atom is -0.481 e. The molecular formula is C14H21NO5S. The first-order chi connectivity index (χ1) is 9.80. The number of sulfone groups is 1. The van der Waals surface area contributed by atoms with Gasteiger partial charge in [-0.2, -0.15) is 0 Å². The third-order valence-corrected chi connectivity index (χ3v) is 5.65. The molecule has 1 unspecified atom stereocenters. The highest BCUT2D eigenvalue weighted by atomic mass is 32.2. The zero-order valence-corrected chi connectivity index (χ0v) is 12.7. The summed E-state index contributed by atoms with van der Waals surface area (Å²) in [7, 11) is -3.20. The van der Waals surface area contributed by atoms with Crippen LogP contribution in [-0.4, -0.2) is 37.2 Å². The number of carboxylic acids is 1. The van der Waals surface area contributed by atoms with E-state index in [0.717, 1.165) is 37.5 Å². The van der Waals surface area contributed by atoms with Gasteiger partial charge >= 0.3 is 5.97 Å². The lowest BCUT2D eigenvalue weighted by atomic mass is 9.69. The lowest BCUT2D eigenvalue weighted by Crippen LogP contribution is -2.40. The van der Waals surface area contributed by atoms with E-state index in [1.54, 1.807) is 0 Å². The molecule has 1 fully saturated rings. The van der Waals surface area contributed by atoms with Crippen LogP contribution in [0.2, 0.25) is 0 Å². The van der Waals surface area contributed by atoms with Gasteiger partial charge in [0, 0.05) is 11.8 Å². The van der Waals surface area contributed by atoms with E-state index < -0.39 is 27.3 Å². The highest BCUT2D eigenvalue weighted by Crippen LogP contribution is 2.42. The summed E-state index contributed by atoms with van der Waals surface area (Å²) >= 11 is 0. The molecule has 0 saturated heterocycles. The molecule has 6 nitrogen and oxygen atoms in total. The lowest BCUT2D eigenvalue weighted by Gasteiger charge is -2.35. The second-order valence-electron chi connectivity index (χ2n) is 6.14. The van der Waals surface area contributed by atoms with Crippen molar-refractivity contribution in [1.29, 1.82) is 0 Å². The Hall–Kier alpha value is -1.37. The van der Waals surface area contributed by atoms with E-state index in [4.69, 9.17) is 5.11 Å². The van der Waals surface area contributed by atoms with Crippen LogP contribution in [0.25, 0.3) is 0 Å². The van der Waals surface area contributed by atoms with Gasteiger partial charge in [0.25, 0.3) is 0 Å². The number of rotatable bonds is 5. The molecule has 0 aromatic heterocycles. The number of hydrogen-bond acceptors (Lipinski definition) is 4. The number of aliphatic carboxylic acids is 1. The van der Waals surface area contributed by atoms with Gasteiger partial charge in [-0.3, -0.25) is 9.59 Å². The first-order valence-corrected chi connectivity index (χ1v) is 8.94. The molecule has 1 amide bonds. The molecule has 0 radical (unpaired) electrons. The Bertz CT molecular complexity index is 546. The Kier molecular flexibility index (Phi) is 4.70. The first-order valence-electron chi connectivity index (χ1n) is 7.22. The topological polar surface area (TPSA) is 101 Å². The predicted octanol–water partition coefficient (Wildman–Crippen LogP) is 1.23. The molecule has 7 heteroatoms. The molecular weight excluding hydrogens is 294 g/mol. The van der Waals surface area contributed by atoms with Crippen LogP contribution in [0.4, 0.5) is 0 Å². The number of nitrogens with one attached hydrogen (secondary N) is 1. The molecule has 0 bridgehead atoms. The van der Waals surface area contributed by atoms with Crippen LogP contribution >= 0.6 is 0 Å². The summed E-state index contributed by atoms with van der Waals surface area (Å²) in [6.07, 6.45) is 6.07. The molecule has 2 rings (SSSR count). The summed E-state index contributed by atoms with van der Waals surface area (Å²) in [4.78, 5) is 23.2. The zero-order valence-electron chi connectivity index (χ0n) is 11.9. The lowest BCUT2D eigenvalue weighted by molar-refractivity contribution is -0.141. The van der Waals surface area contributed by atoms with Gasteiger partial charge in [0.1, 0.15) is 0 Å². The Morgan fingerprint density at radius 1 is 1.19 bits per heavy atom. The number of carboxylic acid groups (broad SMARTS) is 1. The Balaban J connectivity index is 1.95. The molecule has 2 N–H and O–H groups in total. The van der Waals surface area contributed by atoms with E-state index >= 15 is 0 Å². The maximum absolute atomic E-state index is 12.1. The molecule has 0 aromatic carbocycles. The Morgan fingerprint density at radius 2 is 1.86 bits per heavy atom. The molecule has 1 atom stereocenters. The molecule has 1 heterocycles. The normalized spacial score (nSPS) is 26.4. The fourth-order valence-corrected chi connectivity index (χ4v) is 4.54. The quantitative estimate of drug-likeness (QED) is 0.794. The third kappa shape index (κ3) is 4.56. The average molecular weight is 315 g/mol. The van der Waals surface area contributed by atoms with Crippen LogP contribution in [0.1, 0.15) is 44.9 Å². The van der Waals surface area contributed by atoms with Crippen molar-refractivity contribution in [1.82, 2.24) is 5.32 Å². The number of amides is 1. The molecule has 118 valence electrons. The van der Waals surface area contributed by atoms with E-state index in [0.29, 0.717) is 0 Å². The van der Waals surface area contributed by atoms with Crippen molar-refractivity contribution < 1.29 is 23.1 Å². The van der Waals surface area contributed by atoms with Crippen molar-refractivity contribution in [3.63, 3.8) is 0 Å². The second kappa shape index (κ2) is 6.17. The number of carbonyl (C=O) groups is 2. The fourth-order valence-electron chi connectivity index (χ4n) is 3.30. The van der Waals surface area contributed by atoms with Crippen LogP contribution in [0.5, 0.6) is 0 Å². The van der Waals surface area contributed by atoms with E-state index in [9.17, 15) is 18.0 Å². The Morgan fingerprint density at radius 3 is 2.38 bits per heavy atom. The van der Waals surface area contributed by atoms with Gasteiger partial charge in [-0.25, -0.2) is 8.42 Å². The molecule has 1 aliphatic heterocycles. The summed E-state index contributed by atoms with van der Waals surface area (Å²) in [6, 6.07) is -0.493. The van der Waals surface area contributed by atoms with Crippen LogP contribution < -0.4 is 5.32 Å². The van der Waals surface area contributed by atoms with E-state index in [-0.39, 0.29) is 24.5 Å². The van der Waals surface area contributed by atoms with Crippen molar-refractivity contribution in [2.75, 3.05) is 5.75 Å². The van der Waals surface area contributed by atoms with Gasteiger partial charge in [-0.05, 0) is 24.3 Å². The molecule has 21 heavy (non-hydrogen) atoms. The highest BCUT2D eigenvalue weighted by Gasteiger charge is 2.37. The van der Waals surface area contributed by atoms with Crippen LogP contribution in [-0.2, 0) is 19.4 Å². The van der Waals surface area contributed by atoms with Gasteiger partial charge in [0.05, 0.1) is 18.2 Å². The van der Waals surface area contributed by atoms with Crippen molar-refractivity contribution in [2.24, 2.45) is 5.41 Å². The molecule has 2 aliphatic rings. The van der Waals surface area contributed by atoms with Gasteiger partial charge in [-0.1, -0.05) is 19.3 Å². The fraction of sp³-hybridized carbons (Fsp3) is 0.714. The maximum Gasteiger partial charge on any atom is 0.303 e. The number of hydrogen-bond donors (Lipinski definition) is 2. The molecule has 0 spiro atoms. The summed E-state index contributed by atoms with van der Waals surface area (Å²) < 4.78 is 22.6. The zero-order chi connectivity index (χ0) is 15.5. The monoisotopic (exact) mass is 315 g/mol. The van der Waals surface area contributed by atoms with E-state index in [1.165, 1.54) is 6.08 Å². The number of carbonyl (C=O) groups excluding carboxylic acids is 1. The maximum atomic E-state index is 12.1. The average Bonchev–Trinajstić information content (AvgIpc) is 2.68. The SMILES string of the molecule is O=C(O)CC1(CC(=O)NC2C=CS(=O)(=O)C2)CCCCC1. The van der Waals surface area contributed by atoms with Crippen molar-refractivity contribution in [3.05, 3.63) is 11.5 Å². The van der Waals surface area contributed by atoms with Crippen molar-refractivity contribution in [3.8, 4) is 0 Å². The highest BCUT2D eigenvalue weighted by molar-refractivity contribution is 7.94. The van der Waals surface area contributed by atoms with E-state index in [2.05, 4.69) is 5.32 Å². The van der Waals surface area contributed by atoms with Gasteiger partial charge in [-0.15, -0.1) is 0 Å². The first kappa shape index (κ1) is 16.0. The van der Waals surface area contributed by atoms with Crippen LogP contribution in [0.15, 0.2) is 11.5 Å². The van der Waals surface area contributed by atoms with Gasteiger partial charge in [0.15, 0.2) is 9.84 Å². The van der Waals surface area contributed by atoms with E-state index in [1.807, 2.05) is 0 Å². The summed E-state index contributed by atoms with van der Waals surface area (Å²) in [5.41, 5.74) is -0.477. The smallest absolute Gasteiger partial charge is 0.303 e. The van der Waals surface area contributed by atoms with Crippen molar-refractivity contribution in [2.45, 2.75) is 51.0 Å². The van der Waals surface area contributed by atoms with Crippen molar-refractivity contribution >= 4 is 21.7 Å². The third-order valence-electron chi connectivity index (χ3n) is 4.25. The van der Waals surface area contributed by atoms with Crippen LogP contribution in [0, 0.1) is 5.41 Å². The van der Waals surface area contributed by atoms with Gasteiger partial charge in [0.2, 0.25) is 5.91 Å². The minimum absolute atomic E-state index is 0.000769. The minimum atomic E-state index is -3.20. The summed E-state index contributed by atoms with van der Waals surface area (Å²) in [6.45, 7) is 0. The standard InChI is InChI=1S/C14H21NO5S/c16-12(15-11-4-7-21(19,20)10-11)8-14(9-13(17)18)5-2-1-3-6-14/h4,7,11H,1-3,5-6,8-10H2,(H,15,16)(H,17,18). The molecule has 1 aliphatic carbocycles. The summed E-state index contributed by atoms with van der Waals surface area (Å²) in [5, 5.41) is 12.9. The van der Waals surface area contributed by atoms with Crippen LogP contribution in [0.3, 0.4) is 0 Å². The molecule has 0 aromatic rings.